The zero-order chi connectivity index (χ0) is 10.2. The van der Waals surface area contributed by atoms with Gasteiger partial charge in [0.15, 0.2) is 0 Å². The van der Waals surface area contributed by atoms with E-state index >= 15 is 0 Å². The summed E-state index contributed by atoms with van der Waals surface area (Å²) in [6.45, 7) is 4.74. The van der Waals surface area contributed by atoms with Crippen molar-refractivity contribution in [3.8, 4) is 0 Å². The first-order valence-corrected chi connectivity index (χ1v) is 6.08. The summed E-state index contributed by atoms with van der Waals surface area (Å²) >= 11 is 0. The van der Waals surface area contributed by atoms with Crippen molar-refractivity contribution in [1.29, 1.82) is 0 Å². The Balaban J connectivity index is 1.76. The summed E-state index contributed by atoms with van der Waals surface area (Å²) in [4.78, 5) is 0. The van der Waals surface area contributed by atoms with Crippen LogP contribution in [0.3, 0.4) is 0 Å². The molecule has 1 unspecified atom stereocenters. The number of rotatable bonds is 6. The van der Waals surface area contributed by atoms with Crippen molar-refractivity contribution < 1.29 is 5.11 Å². The quantitative estimate of drug-likeness (QED) is 0.682. The lowest BCUT2D eigenvalue weighted by molar-refractivity contribution is 0.0511. The van der Waals surface area contributed by atoms with Crippen LogP contribution >= 0.6 is 0 Å². The maximum atomic E-state index is 9.91. The monoisotopic (exact) mass is 197 g/mol. The summed E-state index contributed by atoms with van der Waals surface area (Å²) in [5.41, 5.74) is -0.512. The molecule has 2 aliphatic carbocycles. The molecule has 2 aliphatic rings. The van der Waals surface area contributed by atoms with Gasteiger partial charge in [-0.25, -0.2) is 0 Å². The van der Waals surface area contributed by atoms with Crippen molar-refractivity contribution in [3.63, 3.8) is 0 Å². The normalized spacial score (nSPS) is 26.6. The molecule has 0 bridgehead atoms. The Morgan fingerprint density at radius 1 is 1.29 bits per heavy atom. The smallest absolute Gasteiger partial charge is 0.0741 e. The van der Waals surface area contributed by atoms with E-state index in [1.165, 1.54) is 25.7 Å². The lowest BCUT2D eigenvalue weighted by Crippen LogP contribution is -2.44. The minimum absolute atomic E-state index is 0.512. The Kier molecular flexibility index (Phi) is 2.85. The van der Waals surface area contributed by atoms with Gasteiger partial charge in [-0.2, -0.15) is 0 Å². The minimum atomic E-state index is -0.512. The molecule has 2 fully saturated rings. The standard InChI is InChI=1S/C12H23NO/c1-3-12(2,14)8-13-11(9-4-5-9)10-6-7-10/h9-11,13-14H,3-8H2,1-2H3. The molecule has 14 heavy (non-hydrogen) atoms. The van der Waals surface area contributed by atoms with Gasteiger partial charge in [-0.15, -0.1) is 0 Å². The molecule has 82 valence electrons. The van der Waals surface area contributed by atoms with E-state index in [-0.39, 0.29) is 0 Å². The van der Waals surface area contributed by atoms with Gasteiger partial charge in [-0.3, -0.25) is 0 Å². The van der Waals surface area contributed by atoms with Gasteiger partial charge in [0.05, 0.1) is 5.60 Å². The fraction of sp³-hybridized carbons (Fsp3) is 1.00. The number of hydrogen-bond acceptors (Lipinski definition) is 2. The second-order valence-electron chi connectivity index (χ2n) is 5.43. The van der Waals surface area contributed by atoms with Gasteiger partial charge >= 0.3 is 0 Å². The fourth-order valence-corrected chi connectivity index (χ4v) is 2.09. The van der Waals surface area contributed by atoms with Crippen molar-refractivity contribution in [1.82, 2.24) is 5.32 Å². The topological polar surface area (TPSA) is 32.3 Å². The highest BCUT2D eigenvalue weighted by Gasteiger charge is 2.41. The second-order valence-corrected chi connectivity index (χ2v) is 5.43. The molecule has 2 N–H and O–H groups in total. The Morgan fingerprint density at radius 2 is 1.79 bits per heavy atom. The molecule has 1 atom stereocenters. The van der Waals surface area contributed by atoms with Crippen LogP contribution in [0.1, 0.15) is 46.0 Å². The van der Waals surface area contributed by atoms with Gasteiger partial charge in [-0.1, -0.05) is 6.92 Å². The molecule has 0 spiro atoms. The highest BCUT2D eigenvalue weighted by atomic mass is 16.3. The highest BCUT2D eigenvalue weighted by Crippen LogP contribution is 2.44. The van der Waals surface area contributed by atoms with Crippen LogP contribution in [0.15, 0.2) is 0 Å². The van der Waals surface area contributed by atoms with Gasteiger partial charge in [0.2, 0.25) is 0 Å². The van der Waals surface area contributed by atoms with Crippen LogP contribution in [-0.2, 0) is 0 Å². The SMILES string of the molecule is CCC(C)(O)CNC(C1CC1)C1CC1. The van der Waals surface area contributed by atoms with Crippen molar-refractivity contribution in [2.75, 3.05) is 6.54 Å². The van der Waals surface area contributed by atoms with E-state index < -0.39 is 5.60 Å². The molecule has 0 aromatic heterocycles. The molecule has 0 amide bonds. The fourth-order valence-electron chi connectivity index (χ4n) is 2.09. The van der Waals surface area contributed by atoms with Gasteiger partial charge in [-0.05, 0) is 50.9 Å². The summed E-state index contributed by atoms with van der Waals surface area (Å²) in [5, 5.41) is 13.5. The molecule has 0 aromatic rings. The van der Waals surface area contributed by atoms with Crippen LogP contribution in [0.4, 0.5) is 0 Å². The van der Waals surface area contributed by atoms with Crippen molar-refractivity contribution >= 4 is 0 Å². The molecule has 0 saturated heterocycles. The van der Waals surface area contributed by atoms with Crippen molar-refractivity contribution in [2.24, 2.45) is 11.8 Å². The predicted octanol–water partition coefficient (Wildman–Crippen LogP) is 1.93. The number of nitrogens with one attached hydrogen (secondary N) is 1. The summed E-state index contributed by atoms with van der Waals surface area (Å²) in [6, 6.07) is 0.716. The zero-order valence-corrected chi connectivity index (χ0v) is 9.42. The van der Waals surface area contributed by atoms with E-state index in [2.05, 4.69) is 5.32 Å². The minimum Gasteiger partial charge on any atom is -0.389 e. The molecule has 0 radical (unpaired) electrons. The van der Waals surface area contributed by atoms with Crippen LogP contribution in [-0.4, -0.2) is 23.3 Å². The van der Waals surface area contributed by atoms with Gasteiger partial charge in [0.1, 0.15) is 0 Å². The summed E-state index contributed by atoms with van der Waals surface area (Å²) < 4.78 is 0. The maximum Gasteiger partial charge on any atom is 0.0741 e. The Hall–Kier alpha value is -0.0800. The maximum absolute atomic E-state index is 9.91. The summed E-state index contributed by atoms with van der Waals surface area (Å²) in [6.07, 6.45) is 6.46. The summed E-state index contributed by atoms with van der Waals surface area (Å²) in [7, 11) is 0. The third-order valence-corrected chi connectivity index (χ3v) is 3.74. The third kappa shape index (κ3) is 2.71. The van der Waals surface area contributed by atoms with Crippen LogP contribution in [0, 0.1) is 11.8 Å². The first-order chi connectivity index (χ1) is 6.62. The van der Waals surface area contributed by atoms with E-state index in [1.807, 2.05) is 13.8 Å². The van der Waals surface area contributed by atoms with E-state index in [1.54, 1.807) is 0 Å². The van der Waals surface area contributed by atoms with E-state index in [0.717, 1.165) is 24.8 Å². The van der Waals surface area contributed by atoms with E-state index in [0.29, 0.717) is 6.04 Å². The predicted molar refractivity (Wildman–Crippen MR) is 58.2 cm³/mol. The summed E-state index contributed by atoms with van der Waals surface area (Å²) in [5.74, 6) is 1.85. The first kappa shape index (κ1) is 10.4. The molecular weight excluding hydrogens is 174 g/mol. The van der Waals surface area contributed by atoms with Crippen LogP contribution in [0.2, 0.25) is 0 Å². The largest absolute Gasteiger partial charge is 0.389 e. The Bertz CT molecular complexity index is 182. The third-order valence-electron chi connectivity index (χ3n) is 3.74. The Labute approximate surface area is 87.1 Å². The molecule has 0 heterocycles. The molecule has 2 heteroatoms. The molecule has 2 nitrogen and oxygen atoms in total. The van der Waals surface area contributed by atoms with Crippen LogP contribution < -0.4 is 5.32 Å². The molecular formula is C12H23NO. The van der Waals surface area contributed by atoms with Gasteiger partial charge in [0, 0.05) is 12.6 Å². The number of aliphatic hydroxyl groups is 1. The highest BCUT2D eigenvalue weighted by molar-refractivity contribution is 4.97. The average Bonchev–Trinajstić information content (AvgIpc) is 2.99. The van der Waals surface area contributed by atoms with Gasteiger partial charge < -0.3 is 10.4 Å². The van der Waals surface area contributed by atoms with Crippen molar-refractivity contribution in [3.05, 3.63) is 0 Å². The van der Waals surface area contributed by atoms with E-state index in [4.69, 9.17) is 0 Å². The van der Waals surface area contributed by atoms with Gasteiger partial charge in [0.25, 0.3) is 0 Å². The number of hydrogen-bond donors (Lipinski definition) is 2. The first-order valence-electron chi connectivity index (χ1n) is 6.08. The zero-order valence-electron chi connectivity index (χ0n) is 9.42. The molecule has 2 rings (SSSR count). The van der Waals surface area contributed by atoms with Crippen LogP contribution in [0.25, 0.3) is 0 Å². The molecule has 0 aromatic carbocycles. The second kappa shape index (κ2) is 3.82. The lowest BCUT2D eigenvalue weighted by Gasteiger charge is -2.26. The van der Waals surface area contributed by atoms with Crippen molar-refractivity contribution in [2.45, 2.75) is 57.6 Å². The van der Waals surface area contributed by atoms with E-state index in [9.17, 15) is 5.11 Å². The molecule has 0 aliphatic heterocycles. The molecule has 2 saturated carbocycles. The van der Waals surface area contributed by atoms with Crippen LogP contribution in [0.5, 0.6) is 0 Å². The lowest BCUT2D eigenvalue weighted by atomic mass is 10.0. The Morgan fingerprint density at radius 3 is 2.14 bits per heavy atom. The average molecular weight is 197 g/mol.